The van der Waals surface area contributed by atoms with Crippen LogP contribution in [0.25, 0.3) is 32.7 Å². The standard InChI is InChI=1S/C19H16O2.C16H19BO2.C8H6BrIO2.CH4/c1-13-7-10-17(18(11-13)19(20)21-2)16-9-8-14-5-3-4-6-15(14)12-16;1-15(2)16(3,4)19-17(18-15)14-10-9-12-7-5-6-8-13(12)11-14;1-12-8(11)6-4-5(9)2-3-7(6)10;/h3-12H,1-2H3;5-11H,1-4H3;2-4H,1H3;1H4. The Morgan fingerprint density at radius 3 is 1.75 bits per heavy atom. The second-order valence-corrected chi connectivity index (χ2v) is 15.5. The highest BCUT2D eigenvalue weighted by molar-refractivity contribution is 14.1. The molecule has 0 aromatic heterocycles. The van der Waals surface area contributed by atoms with Crippen LogP contribution < -0.4 is 5.46 Å². The number of fused-ring (bicyclic) bond motifs is 2. The van der Waals surface area contributed by atoms with Crippen molar-refractivity contribution in [3.63, 3.8) is 0 Å². The first-order valence-electron chi connectivity index (χ1n) is 16.8. The number of esters is 2. The van der Waals surface area contributed by atoms with Crippen molar-refractivity contribution >= 4 is 84.6 Å². The highest BCUT2D eigenvalue weighted by Gasteiger charge is 2.51. The average Bonchev–Trinajstić information content (AvgIpc) is 3.37. The van der Waals surface area contributed by atoms with E-state index in [1.807, 2.05) is 55.5 Å². The molecule has 1 saturated heterocycles. The number of carbonyl (C=O) groups is 2. The molecule has 1 aliphatic heterocycles. The van der Waals surface area contributed by atoms with E-state index in [0.29, 0.717) is 11.1 Å². The minimum atomic E-state index is -0.305. The monoisotopic (exact) mass is 886 g/mol. The first-order chi connectivity index (χ1) is 24.7. The van der Waals surface area contributed by atoms with Gasteiger partial charge in [-0.1, -0.05) is 120 Å². The lowest BCUT2D eigenvalue weighted by Crippen LogP contribution is -2.41. The van der Waals surface area contributed by atoms with Crippen LogP contribution in [0.1, 0.15) is 61.4 Å². The van der Waals surface area contributed by atoms with E-state index in [0.717, 1.165) is 35.6 Å². The van der Waals surface area contributed by atoms with Gasteiger partial charge in [0.2, 0.25) is 0 Å². The zero-order chi connectivity index (χ0) is 37.6. The van der Waals surface area contributed by atoms with Gasteiger partial charge in [-0.3, -0.25) is 0 Å². The van der Waals surface area contributed by atoms with Crippen molar-refractivity contribution in [2.24, 2.45) is 0 Å². The van der Waals surface area contributed by atoms with Crippen molar-refractivity contribution in [3.8, 4) is 11.1 Å². The number of halogens is 2. The van der Waals surface area contributed by atoms with Gasteiger partial charge in [-0.15, -0.1) is 0 Å². The average molecular weight is 887 g/mol. The van der Waals surface area contributed by atoms with E-state index in [1.165, 1.54) is 30.4 Å². The second-order valence-electron chi connectivity index (χ2n) is 13.4. The third kappa shape index (κ3) is 9.95. The zero-order valence-electron chi connectivity index (χ0n) is 30.3. The number of benzene rings is 6. The lowest BCUT2D eigenvalue weighted by atomic mass is 9.78. The molecule has 9 heteroatoms. The summed E-state index contributed by atoms with van der Waals surface area (Å²) in [4.78, 5) is 23.1. The van der Waals surface area contributed by atoms with Gasteiger partial charge < -0.3 is 18.8 Å². The quantitative estimate of drug-likeness (QED) is 0.0998. The lowest BCUT2D eigenvalue weighted by Gasteiger charge is -2.32. The molecular weight excluding hydrogens is 842 g/mol. The Balaban J connectivity index is 0.000000182. The molecule has 53 heavy (non-hydrogen) atoms. The van der Waals surface area contributed by atoms with Gasteiger partial charge in [-0.2, -0.15) is 0 Å². The van der Waals surface area contributed by atoms with Crippen LogP contribution in [0.3, 0.4) is 0 Å². The van der Waals surface area contributed by atoms with Crippen molar-refractivity contribution in [3.05, 3.63) is 146 Å². The first kappa shape index (κ1) is 41.7. The van der Waals surface area contributed by atoms with Gasteiger partial charge in [0.25, 0.3) is 0 Å². The van der Waals surface area contributed by atoms with Crippen LogP contribution in [0, 0.1) is 10.5 Å². The third-order valence-electron chi connectivity index (χ3n) is 9.27. The Bertz CT molecular complexity index is 2220. The maximum atomic E-state index is 12.0. The molecule has 6 aromatic carbocycles. The zero-order valence-corrected chi connectivity index (χ0v) is 34.1. The summed E-state index contributed by atoms with van der Waals surface area (Å²) in [7, 11) is 2.50. The van der Waals surface area contributed by atoms with E-state index >= 15 is 0 Å². The number of rotatable bonds is 4. The largest absolute Gasteiger partial charge is 0.494 e. The predicted octanol–water partition coefficient (Wildman–Crippen LogP) is 11.2. The fourth-order valence-electron chi connectivity index (χ4n) is 5.64. The van der Waals surface area contributed by atoms with Crippen LogP contribution in [-0.2, 0) is 18.8 Å². The summed E-state index contributed by atoms with van der Waals surface area (Å²) in [6.07, 6.45) is 0. The van der Waals surface area contributed by atoms with Crippen LogP contribution in [0.15, 0.2) is 126 Å². The molecule has 0 unspecified atom stereocenters. The summed E-state index contributed by atoms with van der Waals surface area (Å²) in [6.45, 7) is 10.3. The van der Waals surface area contributed by atoms with Crippen LogP contribution in [0.4, 0.5) is 0 Å². The van der Waals surface area contributed by atoms with Gasteiger partial charge in [0, 0.05) is 8.04 Å². The van der Waals surface area contributed by atoms with E-state index in [2.05, 4.69) is 138 Å². The number of aryl methyl sites for hydroxylation is 1. The Kier molecular flexibility index (Phi) is 14.1. The Morgan fingerprint density at radius 2 is 1.17 bits per heavy atom. The van der Waals surface area contributed by atoms with Gasteiger partial charge >= 0.3 is 19.1 Å². The molecule has 1 aliphatic rings. The molecule has 7 rings (SSSR count). The first-order valence-corrected chi connectivity index (χ1v) is 18.7. The minimum Gasteiger partial charge on any atom is -0.465 e. The van der Waals surface area contributed by atoms with Gasteiger partial charge in [-0.05, 0) is 126 Å². The van der Waals surface area contributed by atoms with E-state index in [4.69, 9.17) is 14.0 Å². The van der Waals surface area contributed by atoms with Gasteiger partial charge in [0.1, 0.15) is 0 Å². The van der Waals surface area contributed by atoms with Gasteiger partial charge in [-0.25, -0.2) is 9.59 Å². The maximum Gasteiger partial charge on any atom is 0.494 e. The fourth-order valence-corrected chi connectivity index (χ4v) is 6.56. The molecule has 0 radical (unpaired) electrons. The molecule has 1 fully saturated rings. The van der Waals surface area contributed by atoms with E-state index in [-0.39, 0.29) is 37.7 Å². The molecule has 6 nitrogen and oxygen atoms in total. The third-order valence-corrected chi connectivity index (χ3v) is 10.7. The second kappa shape index (κ2) is 17.9. The summed E-state index contributed by atoms with van der Waals surface area (Å²) in [6, 6.07) is 40.4. The predicted molar refractivity (Wildman–Crippen MR) is 230 cm³/mol. The summed E-state index contributed by atoms with van der Waals surface area (Å²) in [5.74, 6) is -0.609. The highest BCUT2D eigenvalue weighted by atomic mass is 127. The molecule has 0 atom stereocenters. The molecule has 274 valence electrons. The summed E-state index contributed by atoms with van der Waals surface area (Å²) in [5.41, 5.74) is 4.66. The van der Waals surface area contributed by atoms with Crippen molar-refractivity contribution in [2.75, 3.05) is 14.2 Å². The number of ether oxygens (including phenoxy) is 2. The number of hydrogen-bond acceptors (Lipinski definition) is 6. The molecule has 0 saturated carbocycles. The number of carbonyl (C=O) groups excluding carboxylic acids is 2. The smallest absolute Gasteiger partial charge is 0.465 e. The van der Waals surface area contributed by atoms with Crippen LogP contribution in [0.2, 0.25) is 0 Å². The van der Waals surface area contributed by atoms with Gasteiger partial charge in [0.05, 0.1) is 36.5 Å². The molecule has 6 aromatic rings. The highest BCUT2D eigenvalue weighted by Crippen LogP contribution is 2.36. The topological polar surface area (TPSA) is 71.1 Å². The Morgan fingerprint density at radius 1 is 0.642 bits per heavy atom. The van der Waals surface area contributed by atoms with Crippen molar-refractivity contribution < 1.29 is 28.4 Å². The molecule has 0 aliphatic carbocycles. The van der Waals surface area contributed by atoms with E-state index < -0.39 is 0 Å². The summed E-state index contributed by atoms with van der Waals surface area (Å²) >= 11 is 5.38. The number of methoxy groups -OCH3 is 2. The van der Waals surface area contributed by atoms with Crippen LogP contribution in [-0.4, -0.2) is 44.5 Å². The molecule has 1 heterocycles. The fraction of sp³-hybridized carbons (Fsp3) is 0.227. The summed E-state index contributed by atoms with van der Waals surface area (Å²) in [5, 5.41) is 4.80. The molecule has 0 bridgehead atoms. The van der Waals surface area contributed by atoms with Crippen LogP contribution in [0.5, 0.6) is 0 Å². The molecular formula is C44H45BBrIO6. The van der Waals surface area contributed by atoms with Crippen LogP contribution >= 0.6 is 38.5 Å². The van der Waals surface area contributed by atoms with Gasteiger partial charge in [0.15, 0.2) is 0 Å². The van der Waals surface area contributed by atoms with Crippen molar-refractivity contribution in [2.45, 2.75) is 53.2 Å². The van der Waals surface area contributed by atoms with Crippen molar-refractivity contribution in [1.29, 1.82) is 0 Å². The Hall–Kier alpha value is -4.03. The van der Waals surface area contributed by atoms with Crippen molar-refractivity contribution in [1.82, 2.24) is 0 Å². The normalized spacial score (nSPS) is 13.9. The molecule has 0 amide bonds. The number of hydrogen-bond donors (Lipinski definition) is 0. The van der Waals surface area contributed by atoms with E-state index in [1.54, 1.807) is 6.07 Å². The molecule has 0 N–H and O–H groups in total. The maximum absolute atomic E-state index is 12.0. The molecule has 0 spiro atoms. The SMILES string of the molecule is C.CC1(C)OB(c2ccc3ccccc3c2)OC1(C)C.COC(=O)c1cc(Br)ccc1I.COC(=O)c1cc(C)ccc1-c1ccc2ccccc2c1. The summed E-state index contributed by atoms with van der Waals surface area (Å²) < 4.78 is 23.4. The van der Waals surface area contributed by atoms with E-state index in [9.17, 15) is 9.59 Å². The Labute approximate surface area is 335 Å². The lowest BCUT2D eigenvalue weighted by molar-refractivity contribution is 0.00578. The minimum absolute atomic E-state index is 0.